The summed E-state index contributed by atoms with van der Waals surface area (Å²) in [5, 5.41) is 12.2. The van der Waals surface area contributed by atoms with Gasteiger partial charge in [-0.25, -0.2) is 9.78 Å². The number of aromatic nitrogens is 1. The summed E-state index contributed by atoms with van der Waals surface area (Å²) in [6.45, 7) is 3.51. The van der Waals surface area contributed by atoms with Crippen LogP contribution in [-0.4, -0.2) is 40.7 Å². The molecule has 100 valence electrons. The fraction of sp³-hybridized carbons (Fsp3) is 0.636. The van der Waals surface area contributed by atoms with E-state index in [2.05, 4.69) is 31.1 Å². The predicted octanol–water partition coefficient (Wildman–Crippen LogP) is 2.39. The van der Waals surface area contributed by atoms with Gasteiger partial charge in [0.05, 0.1) is 16.5 Å². The number of hydrogen-bond donors (Lipinski definition) is 2. The molecule has 1 aromatic rings. The molecule has 0 aliphatic carbocycles. The molecule has 2 rings (SSSR count). The molecule has 0 radical (unpaired) electrons. The summed E-state index contributed by atoms with van der Waals surface area (Å²) in [6, 6.07) is 0. The molecule has 0 unspecified atom stereocenters. The Morgan fingerprint density at radius 3 is 2.89 bits per heavy atom. The lowest BCUT2D eigenvalue weighted by atomic mass is 9.97. The van der Waals surface area contributed by atoms with Crippen molar-refractivity contribution in [1.82, 2.24) is 15.2 Å². The maximum absolute atomic E-state index is 10.4. The van der Waals surface area contributed by atoms with Gasteiger partial charge < -0.3 is 10.4 Å². The summed E-state index contributed by atoms with van der Waals surface area (Å²) in [5.74, 6) is 0.473. The van der Waals surface area contributed by atoms with Gasteiger partial charge in [0, 0.05) is 6.54 Å². The second kappa shape index (κ2) is 6.49. The Balaban J connectivity index is 1.71. The molecule has 1 aromatic heterocycles. The third-order valence-corrected chi connectivity index (χ3v) is 4.59. The van der Waals surface area contributed by atoms with Crippen LogP contribution < -0.4 is 5.32 Å². The van der Waals surface area contributed by atoms with Crippen LogP contribution in [0.3, 0.4) is 0 Å². The molecular formula is C11H16BrN3O2S. The van der Waals surface area contributed by atoms with Gasteiger partial charge in [-0.2, -0.15) is 0 Å². The van der Waals surface area contributed by atoms with Gasteiger partial charge in [-0.1, -0.05) is 0 Å². The van der Waals surface area contributed by atoms with E-state index < -0.39 is 6.09 Å². The van der Waals surface area contributed by atoms with Gasteiger partial charge in [0.25, 0.3) is 0 Å². The number of thiazole rings is 1. The number of rotatable bonds is 4. The SMILES string of the molecule is O=C(O)NCC1CCN(Cc2ncc(Br)s2)CC1. The monoisotopic (exact) mass is 333 g/mol. The number of likely N-dealkylation sites (tertiary alicyclic amines) is 1. The highest BCUT2D eigenvalue weighted by Gasteiger charge is 2.20. The highest BCUT2D eigenvalue weighted by Crippen LogP contribution is 2.23. The number of nitrogens with zero attached hydrogens (tertiary/aromatic N) is 2. The predicted molar refractivity (Wildman–Crippen MR) is 73.8 cm³/mol. The molecule has 0 bridgehead atoms. The Hall–Kier alpha value is -0.660. The molecule has 1 saturated heterocycles. The van der Waals surface area contributed by atoms with Crippen molar-refractivity contribution >= 4 is 33.4 Å². The Kier molecular flexibility index (Phi) is 4.96. The first-order valence-corrected chi connectivity index (χ1v) is 7.54. The first-order valence-electron chi connectivity index (χ1n) is 5.93. The van der Waals surface area contributed by atoms with E-state index in [1.54, 1.807) is 11.3 Å². The smallest absolute Gasteiger partial charge is 0.404 e. The van der Waals surface area contributed by atoms with Crippen LogP contribution in [0.2, 0.25) is 0 Å². The second-order valence-corrected chi connectivity index (χ2v) is 6.96. The number of carbonyl (C=O) groups is 1. The van der Waals surface area contributed by atoms with Crippen molar-refractivity contribution in [2.75, 3.05) is 19.6 Å². The molecule has 0 aromatic carbocycles. The van der Waals surface area contributed by atoms with Gasteiger partial charge in [0.2, 0.25) is 0 Å². The van der Waals surface area contributed by atoms with E-state index in [1.807, 2.05) is 6.20 Å². The van der Waals surface area contributed by atoms with Crippen LogP contribution >= 0.6 is 27.3 Å². The number of piperidine rings is 1. The zero-order chi connectivity index (χ0) is 13.0. The number of nitrogens with one attached hydrogen (secondary N) is 1. The summed E-state index contributed by atoms with van der Waals surface area (Å²) >= 11 is 5.08. The van der Waals surface area contributed by atoms with Crippen molar-refractivity contribution in [2.24, 2.45) is 5.92 Å². The minimum absolute atomic E-state index is 0.473. The summed E-state index contributed by atoms with van der Waals surface area (Å²) < 4.78 is 1.07. The van der Waals surface area contributed by atoms with Crippen molar-refractivity contribution < 1.29 is 9.90 Å². The molecule has 5 nitrogen and oxygen atoms in total. The molecule has 2 heterocycles. The Labute approximate surface area is 118 Å². The average Bonchev–Trinajstić information content (AvgIpc) is 2.74. The van der Waals surface area contributed by atoms with E-state index in [0.29, 0.717) is 12.5 Å². The van der Waals surface area contributed by atoms with Crippen molar-refractivity contribution in [3.8, 4) is 0 Å². The molecule has 0 saturated carbocycles. The first-order chi connectivity index (χ1) is 8.63. The highest BCUT2D eigenvalue weighted by atomic mass is 79.9. The summed E-state index contributed by atoms with van der Waals surface area (Å²) in [5.41, 5.74) is 0. The van der Waals surface area contributed by atoms with Crippen LogP contribution in [-0.2, 0) is 6.54 Å². The van der Waals surface area contributed by atoms with Gasteiger partial charge in [-0.3, -0.25) is 4.90 Å². The maximum Gasteiger partial charge on any atom is 0.404 e. The van der Waals surface area contributed by atoms with Crippen LogP contribution in [0.5, 0.6) is 0 Å². The van der Waals surface area contributed by atoms with Crippen molar-refractivity contribution in [1.29, 1.82) is 0 Å². The zero-order valence-electron chi connectivity index (χ0n) is 9.93. The second-order valence-electron chi connectivity index (χ2n) is 4.46. The molecule has 2 N–H and O–H groups in total. The van der Waals surface area contributed by atoms with E-state index in [-0.39, 0.29) is 0 Å². The molecule has 0 atom stereocenters. The highest BCUT2D eigenvalue weighted by molar-refractivity contribution is 9.11. The number of hydrogen-bond acceptors (Lipinski definition) is 4. The van der Waals surface area contributed by atoms with Crippen molar-refractivity contribution in [3.05, 3.63) is 15.0 Å². The minimum Gasteiger partial charge on any atom is -0.465 e. The molecule has 7 heteroatoms. The summed E-state index contributed by atoms with van der Waals surface area (Å²) in [7, 11) is 0. The standard InChI is InChI=1S/C11H16BrN3O2S/c12-9-6-13-10(18-9)7-15-3-1-8(2-4-15)5-14-11(16)17/h6,8,14H,1-5,7H2,(H,16,17). The van der Waals surface area contributed by atoms with E-state index in [0.717, 1.165) is 41.3 Å². The fourth-order valence-electron chi connectivity index (χ4n) is 2.13. The molecule has 1 amide bonds. The Morgan fingerprint density at radius 1 is 1.61 bits per heavy atom. The number of amides is 1. The lowest BCUT2D eigenvalue weighted by molar-refractivity contribution is 0.166. The molecule has 1 aliphatic rings. The van der Waals surface area contributed by atoms with E-state index in [1.165, 1.54) is 0 Å². The van der Waals surface area contributed by atoms with E-state index in [9.17, 15) is 4.79 Å². The van der Waals surface area contributed by atoms with Crippen LogP contribution in [0, 0.1) is 5.92 Å². The molecular weight excluding hydrogens is 318 g/mol. The lowest BCUT2D eigenvalue weighted by Crippen LogP contribution is -2.37. The van der Waals surface area contributed by atoms with Gasteiger partial charge in [-0.15, -0.1) is 11.3 Å². The van der Waals surface area contributed by atoms with Crippen LogP contribution in [0.1, 0.15) is 17.8 Å². The maximum atomic E-state index is 10.4. The third kappa shape index (κ3) is 4.22. The largest absolute Gasteiger partial charge is 0.465 e. The average molecular weight is 334 g/mol. The lowest BCUT2D eigenvalue weighted by Gasteiger charge is -2.31. The molecule has 1 fully saturated rings. The molecule has 18 heavy (non-hydrogen) atoms. The normalized spacial score (nSPS) is 17.8. The van der Waals surface area contributed by atoms with Gasteiger partial charge in [-0.05, 0) is 47.8 Å². The Bertz CT molecular complexity index is 405. The fourth-order valence-corrected chi connectivity index (χ4v) is 3.48. The number of carboxylic acid groups (broad SMARTS) is 1. The topological polar surface area (TPSA) is 65.5 Å². The van der Waals surface area contributed by atoms with Crippen LogP contribution in [0.4, 0.5) is 4.79 Å². The van der Waals surface area contributed by atoms with Crippen LogP contribution in [0.15, 0.2) is 9.98 Å². The van der Waals surface area contributed by atoms with Gasteiger partial charge in [0.15, 0.2) is 0 Å². The number of halogens is 1. The third-order valence-electron chi connectivity index (χ3n) is 3.13. The summed E-state index contributed by atoms with van der Waals surface area (Å²) in [4.78, 5) is 17.1. The molecule has 1 aliphatic heterocycles. The van der Waals surface area contributed by atoms with Crippen LogP contribution in [0.25, 0.3) is 0 Å². The Morgan fingerprint density at radius 2 is 2.33 bits per heavy atom. The summed E-state index contributed by atoms with van der Waals surface area (Å²) in [6.07, 6.45) is 3.01. The van der Waals surface area contributed by atoms with Crippen molar-refractivity contribution in [2.45, 2.75) is 19.4 Å². The zero-order valence-corrected chi connectivity index (χ0v) is 12.3. The quantitative estimate of drug-likeness (QED) is 0.887. The van der Waals surface area contributed by atoms with E-state index in [4.69, 9.17) is 5.11 Å². The van der Waals surface area contributed by atoms with Gasteiger partial charge >= 0.3 is 6.09 Å². The van der Waals surface area contributed by atoms with E-state index >= 15 is 0 Å². The minimum atomic E-state index is -0.926. The van der Waals surface area contributed by atoms with Gasteiger partial charge in [0.1, 0.15) is 5.01 Å². The first kappa shape index (κ1) is 13.8. The molecule has 0 spiro atoms. The van der Waals surface area contributed by atoms with Crippen molar-refractivity contribution in [3.63, 3.8) is 0 Å².